The van der Waals surface area contributed by atoms with Gasteiger partial charge in [0.2, 0.25) is 5.95 Å². The zero-order valence-corrected chi connectivity index (χ0v) is 10.4. The van der Waals surface area contributed by atoms with Crippen LogP contribution in [-0.2, 0) is 0 Å². The summed E-state index contributed by atoms with van der Waals surface area (Å²) in [6.07, 6.45) is 0. The van der Waals surface area contributed by atoms with Crippen LogP contribution in [-0.4, -0.2) is 20.9 Å². The van der Waals surface area contributed by atoms with E-state index < -0.39 is 0 Å². The summed E-state index contributed by atoms with van der Waals surface area (Å²) in [5.74, 6) is -0.264. The van der Waals surface area contributed by atoms with Gasteiger partial charge in [-0.2, -0.15) is 5.10 Å². The van der Waals surface area contributed by atoms with Crippen LogP contribution in [0.2, 0.25) is 0 Å². The highest BCUT2D eigenvalue weighted by molar-refractivity contribution is 5.99. The van der Waals surface area contributed by atoms with Crippen molar-refractivity contribution >= 4 is 11.7 Å². The molecule has 2 rings (SSSR count). The summed E-state index contributed by atoms with van der Waals surface area (Å²) in [4.78, 5) is 13.8. The van der Waals surface area contributed by atoms with E-state index in [4.69, 9.17) is 0 Å². The van der Waals surface area contributed by atoms with E-state index in [0.29, 0.717) is 11.3 Å². The molecule has 1 heterocycles. The Hall–Kier alpha value is -2.57. The first-order valence-corrected chi connectivity index (χ1v) is 5.56. The zero-order chi connectivity index (χ0) is 13.8. The van der Waals surface area contributed by atoms with Crippen LogP contribution in [0, 0.1) is 12.7 Å². The molecule has 0 saturated carbocycles. The normalized spacial score (nSPS) is 11.4. The monoisotopic (exact) mass is 261 g/mol. The van der Waals surface area contributed by atoms with Crippen LogP contribution in [0.25, 0.3) is 0 Å². The number of aromatic amines is 1. The minimum atomic E-state index is -0.367. The molecule has 0 spiro atoms. The molecule has 0 unspecified atom stereocenters. The maximum absolute atomic E-state index is 13.5. The number of halogens is 1. The largest absolute Gasteiger partial charge is 0.288 e. The fourth-order valence-corrected chi connectivity index (χ4v) is 1.40. The van der Waals surface area contributed by atoms with Gasteiger partial charge < -0.3 is 0 Å². The smallest absolute Gasteiger partial charge is 0.274 e. The molecular formula is C12H12FN5O. The lowest BCUT2D eigenvalue weighted by molar-refractivity contribution is 0.625. The summed E-state index contributed by atoms with van der Waals surface area (Å²) in [6.45, 7) is 3.19. The zero-order valence-electron chi connectivity index (χ0n) is 10.4. The van der Waals surface area contributed by atoms with Gasteiger partial charge in [0.25, 0.3) is 5.56 Å². The topological polar surface area (TPSA) is 83.0 Å². The second-order valence-electron chi connectivity index (χ2n) is 3.88. The molecule has 0 aliphatic heterocycles. The van der Waals surface area contributed by atoms with E-state index in [9.17, 15) is 9.18 Å². The molecule has 6 nitrogen and oxygen atoms in total. The van der Waals surface area contributed by atoms with E-state index in [-0.39, 0.29) is 23.0 Å². The van der Waals surface area contributed by atoms with Gasteiger partial charge in [-0.25, -0.2) is 9.82 Å². The van der Waals surface area contributed by atoms with Gasteiger partial charge in [0.1, 0.15) is 11.5 Å². The Morgan fingerprint density at radius 2 is 2.11 bits per heavy atom. The van der Waals surface area contributed by atoms with Crippen molar-refractivity contribution < 1.29 is 4.39 Å². The Bertz CT molecular complexity index is 680. The fourth-order valence-electron chi connectivity index (χ4n) is 1.40. The highest BCUT2D eigenvalue weighted by Crippen LogP contribution is 2.07. The van der Waals surface area contributed by atoms with E-state index >= 15 is 0 Å². The van der Waals surface area contributed by atoms with Crippen molar-refractivity contribution in [3.05, 3.63) is 51.7 Å². The van der Waals surface area contributed by atoms with Crippen molar-refractivity contribution in [2.24, 2.45) is 5.10 Å². The van der Waals surface area contributed by atoms with E-state index in [2.05, 4.69) is 25.7 Å². The van der Waals surface area contributed by atoms with Crippen LogP contribution < -0.4 is 11.0 Å². The van der Waals surface area contributed by atoms with Crippen LogP contribution in [0.4, 0.5) is 10.3 Å². The number of aromatic nitrogens is 3. The Morgan fingerprint density at radius 3 is 2.79 bits per heavy atom. The molecule has 0 fully saturated rings. The average Bonchev–Trinajstić information content (AvgIpc) is 2.40. The molecule has 2 aromatic rings. The van der Waals surface area contributed by atoms with Crippen molar-refractivity contribution in [2.45, 2.75) is 13.8 Å². The molecule has 19 heavy (non-hydrogen) atoms. The quantitative estimate of drug-likeness (QED) is 0.647. The second kappa shape index (κ2) is 5.38. The first-order chi connectivity index (χ1) is 9.08. The van der Waals surface area contributed by atoms with Crippen molar-refractivity contribution in [2.75, 3.05) is 5.43 Å². The van der Waals surface area contributed by atoms with Gasteiger partial charge in [-0.05, 0) is 19.9 Å². The molecule has 7 heteroatoms. The number of nitrogens with zero attached hydrogens (tertiary/aromatic N) is 3. The number of nitrogens with one attached hydrogen (secondary N) is 2. The van der Waals surface area contributed by atoms with Gasteiger partial charge in [0.05, 0.1) is 5.71 Å². The minimum Gasteiger partial charge on any atom is -0.288 e. The van der Waals surface area contributed by atoms with Crippen molar-refractivity contribution in [3.8, 4) is 0 Å². The number of rotatable bonds is 3. The Morgan fingerprint density at radius 1 is 1.37 bits per heavy atom. The third kappa shape index (κ3) is 3.01. The van der Waals surface area contributed by atoms with Crippen molar-refractivity contribution in [1.29, 1.82) is 0 Å². The lowest BCUT2D eigenvalue weighted by Gasteiger charge is -2.03. The predicted molar refractivity (Wildman–Crippen MR) is 69.6 cm³/mol. The van der Waals surface area contributed by atoms with Gasteiger partial charge in [-0.15, -0.1) is 10.2 Å². The third-order valence-corrected chi connectivity index (χ3v) is 2.45. The van der Waals surface area contributed by atoms with Crippen molar-refractivity contribution in [1.82, 2.24) is 15.2 Å². The Labute approximate surface area is 108 Å². The van der Waals surface area contributed by atoms with Gasteiger partial charge in [0, 0.05) is 5.56 Å². The summed E-state index contributed by atoms with van der Waals surface area (Å²) < 4.78 is 13.5. The number of hydrazone groups is 1. The fraction of sp³-hybridized carbons (Fsp3) is 0.167. The molecule has 98 valence electrons. The molecule has 2 N–H and O–H groups in total. The van der Waals surface area contributed by atoms with Crippen LogP contribution >= 0.6 is 0 Å². The number of aryl methyl sites for hydroxylation is 1. The number of hydrogen-bond donors (Lipinski definition) is 2. The molecule has 0 aliphatic carbocycles. The number of benzene rings is 1. The molecule has 0 amide bonds. The summed E-state index contributed by atoms with van der Waals surface area (Å²) in [5.41, 5.74) is 3.25. The van der Waals surface area contributed by atoms with E-state index in [1.807, 2.05) is 0 Å². The third-order valence-electron chi connectivity index (χ3n) is 2.45. The molecule has 1 aromatic heterocycles. The highest BCUT2D eigenvalue weighted by atomic mass is 19.1. The number of hydrogen-bond acceptors (Lipinski definition) is 5. The predicted octanol–water partition coefficient (Wildman–Crippen LogP) is 1.45. The van der Waals surface area contributed by atoms with E-state index in [1.54, 1.807) is 32.0 Å². The molecule has 0 atom stereocenters. The minimum absolute atomic E-state index is 0.103. The molecule has 1 aromatic carbocycles. The Kier molecular flexibility index (Phi) is 3.65. The summed E-state index contributed by atoms with van der Waals surface area (Å²) >= 11 is 0. The van der Waals surface area contributed by atoms with Gasteiger partial charge in [-0.1, -0.05) is 18.2 Å². The molecule has 0 bridgehead atoms. The van der Waals surface area contributed by atoms with E-state index in [0.717, 1.165) is 0 Å². The maximum Gasteiger partial charge on any atom is 0.274 e. The molecule has 0 aliphatic rings. The van der Waals surface area contributed by atoms with Gasteiger partial charge in [-0.3, -0.25) is 9.78 Å². The second-order valence-corrected chi connectivity index (χ2v) is 3.88. The number of anilines is 1. The van der Waals surface area contributed by atoms with Crippen LogP contribution in [0.3, 0.4) is 0 Å². The first kappa shape index (κ1) is 12.9. The summed E-state index contributed by atoms with van der Waals surface area (Å²) in [7, 11) is 0. The van der Waals surface area contributed by atoms with Gasteiger partial charge in [0.15, 0.2) is 0 Å². The Balaban J connectivity index is 2.21. The lowest BCUT2D eigenvalue weighted by Crippen LogP contribution is -2.16. The lowest BCUT2D eigenvalue weighted by atomic mass is 10.1. The number of H-pyrrole nitrogens is 1. The standard InChI is InChI=1S/C12H12FN5O/c1-7(9-5-3-4-6-10(9)13)15-17-12-14-11(19)8(2)16-18-12/h3-6H,1-2H3,(H2,14,17,18,19)/b15-7-. The van der Waals surface area contributed by atoms with Crippen LogP contribution in [0.5, 0.6) is 0 Å². The van der Waals surface area contributed by atoms with Crippen LogP contribution in [0.1, 0.15) is 18.2 Å². The average molecular weight is 261 g/mol. The molecule has 0 saturated heterocycles. The first-order valence-electron chi connectivity index (χ1n) is 5.56. The van der Waals surface area contributed by atoms with E-state index in [1.165, 1.54) is 6.07 Å². The van der Waals surface area contributed by atoms with Crippen LogP contribution in [0.15, 0.2) is 34.2 Å². The summed E-state index contributed by atoms with van der Waals surface area (Å²) in [6, 6.07) is 6.27. The van der Waals surface area contributed by atoms with Gasteiger partial charge >= 0.3 is 0 Å². The van der Waals surface area contributed by atoms with Crippen molar-refractivity contribution in [3.63, 3.8) is 0 Å². The molecule has 0 radical (unpaired) electrons. The maximum atomic E-state index is 13.5. The SMILES string of the molecule is C/C(=N/Nc1nnc(C)c(=O)[nH]1)c1ccccc1F. The summed E-state index contributed by atoms with van der Waals surface area (Å²) in [5, 5.41) is 11.3. The molecular weight excluding hydrogens is 249 g/mol. The highest BCUT2D eigenvalue weighted by Gasteiger charge is 2.04.